The third-order valence-corrected chi connectivity index (χ3v) is 9.67. The molecule has 0 radical (unpaired) electrons. The Labute approximate surface area is 286 Å². The minimum Gasteiger partial charge on any atom is -0.506 e. The molecule has 1 aromatic rings. The van der Waals surface area contributed by atoms with Crippen molar-refractivity contribution < 1.29 is 19.5 Å². The standard InChI is InChI=1S/C40H54N4O4/c1-9-11-17-43-19-13-15-25-21-27(29(23-31(25)43)41-37(47)39(3,4)5)33-35(45)34(36(33)46)28-22-26-16-14-20-44(18-12-10-2)32(26)24-30(28)42-38(48)40(6,7)8/h21-24,45H,9-20H2,1-8H3,(H,41,47)/b34-28-,42-30?. The van der Waals surface area contributed by atoms with Crippen molar-refractivity contribution in [2.75, 3.05) is 36.4 Å². The van der Waals surface area contributed by atoms with E-state index in [2.05, 4.69) is 34.0 Å². The molecule has 0 bridgehead atoms. The number of rotatable bonds is 8. The van der Waals surface area contributed by atoms with Crippen LogP contribution in [0.25, 0.3) is 5.57 Å². The van der Waals surface area contributed by atoms with Gasteiger partial charge in [0.25, 0.3) is 5.91 Å². The molecule has 1 aromatic carbocycles. The van der Waals surface area contributed by atoms with Gasteiger partial charge in [0.05, 0.1) is 22.5 Å². The van der Waals surface area contributed by atoms with Gasteiger partial charge in [-0.05, 0) is 73.9 Å². The summed E-state index contributed by atoms with van der Waals surface area (Å²) in [5.41, 5.74) is 5.27. The van der Waals surface area contributed by atoms with E-state index in [0.717, 1.165) is 100 Å². The zero-order chi connectivity index (χ0) is 35.0. The number of allylic oxidation sites excluding steroid dienone is 6. The van der Waals surface area contributed by atoms with E-state index >= 15 is 0 Å². The Morgan fingerprint density at radius 1 is 0.875 bits per heavy atom. The van der Waals surface area contributed by atoms with Gasteiger partial charge in [-0.2, -0.15) is 0 Å². The summed E-state index contributed by atoms with van der Waals surface area (Å²) in [4.78, 5) is 50.1. The molecule has 4 aliphatic rings. The van der Waals surface area contributed by atoms with Gasteiger partial charge in [0.2, 0.25) is 11.7 Å². The van der Waals surface area contributed by atoms with Crippen molar-refractivity contribution in [2.24, 2.45) is 15.8 Å². The van der Waals surface area contributed by atoms with Crippen LogP contribution in [-0.4, -0.2) is 59.5 Å². The number of aliphatic imine (C=N–C) groups is 1. The molecule has 2 aliphatic carbocycles. The van der Waals surface area contributed by atoms with Gasteiger partial charge < -0.3 is 20.2 Å². The predicted molar refractivity (Wildman–Crippen MR) is 195 cm³/mol. The summed E-state index contributed by atoms with van der Waals surface area (Å²) in [5, 5.41) is 14.9. The first kappa shape index (κ1) is 35.4. The highest BCUT2D eigenvalue weighted by atomic mass is 16.3. The first-order valence-electron chi connectivity index (χ1n) is 17.9. The minimum absolute atomic E-state index is 0.122. The molecular formula is C40H54N4O4. The van der Waals surface area contributed by atoms with E-state index < -0.39 is 10.8 Å². The molecule has 1 saturated heterocycles. The number of anilines is 2. The average molecular weight is 655 g/mol. The van der Waals surface area contributed by atoms with Crippen LogP contribution in [0.4, 0.5) is 11.4 Å². The largest absolute Gasteiger partial charge is 0.506 e. The van der Waals surface area contributed by atoms with E-state index in [1.54, 1.807) is 0 Å². The quantitative estimate of drug-likeness (QED) is 0.275. The third-order valence-electron chi connectivity index (χ3n) is 9.67. The van der Waals surface area contributed by atoms with E-state index in [0.29, 0.717) is 22.5 Å². The smallest absolute Gasteiger partial charge is 0.251 e. The Balaban J connectivity index is 1.65. The van der Waals surface area contributed by atoms with E-state index in [9.17, 15) is 19.5 Å². The van der Waals surface area contributed by atoms with Crippen molar-refractivity contribution in [2.45, 2.75) is 107 Å². The van der Waals surface area contributed by atoms with Gasteiger partial charge in [0, 0.05) is 59.5 Å². The summed E-state index contributed by atoms with van der Waals surface area (Å²) in [7, 11) is 0. The van der Waals surface area contributed by atoms with Crippen LogP contribution in [0.1, 0.15) is 111 Å². The van der Waals surface area contributed by atoms with Gasteiger partial charge in [-0.15, -0.1) is 0 Å². The van der Waals surface area contributed by atoms with E-state index in [-0.39, 0.29) is 34.5 Å². The monoisotopic (exact) mass is 654 g/mol. The Bertz CT molecular complexity index is 1660. The van der Waals surface area contributed by atoms with Crippen molar-refractivity contribution in [3.63, 3.8) is 0 Å². The second kappa shape index (κ2) is 13.9. The van der Waals surface area contributed by atoms with Crippen molar-refractivity contribution in [3.8, 4) is 0 Å². The number of fused-ring (bicyclic) bond motifs is 2. The maximum absolute atomic E-state index is 14.3. The molecule has 2 aliphatic heterocycles. The highest BCUT2D eigenvalue weighted by Gasteiger charge is 2.41. The van der Waals surface area contributed by atoms with E-state index in [1.807, 2.05) is 65.8 Å². The van der Waals surface area contributed by atoms with Crippen LogP contribution >= 0.6 is 0 Å². The molecule has 0 spiro atoms. The van der Waals surface area contributed by atoms with Gasteiger partial charge >= 0.3 is 0 Å². The summed E-state index contributed by atoms with van der Waals surface area (Å²) < 4.78 is 0. The second-order valence-corrected chi connectivity index (χ2v) is 15.7. The Morgan fingerprint density at radius 3 is 2.15 bits per heavy atom. The summed E-state index contributed by atoms with van der Waals surface area (Å²) in [6, 6.07) is 3.97. The fourth-order valence-electron chi connectivity index (χ4n) is 6.66. The van der Waals surface area contributed by atoms with Gasteiger partial charge in [-0.3, -0.25) is 14.4 Å². The Kier molecular flexibility index (Phi) is 10.2. The lowest BCUT2D eigenvalue weighted by atomic mass is 9.76. The average Bonchev–Trinajstić information content (AvgIpc) is 3.02. The number of hydrogen-bond donors (Lipinski definition) is 2. The number of benzene rings is 1. The number of nitrogens with zero attached hydrogens (tertiary/aromatic N) is 3. The summed E-state index contributed by atoms with van der Waals surface area (Å²) in [6.45, 7) is 19.1. The van der Waals surface area contributed by atoms with Crippen LogP contribution < -0.4 is 10.2 Å². The lowest BCUT2D eigenvalue weighted by Crippen LogP contribution is -2.34. The van der Waals surface area contributed by atoms with Crippen LogP contribution in [0.15, 0.2) is 57.5 Å². The van der Waals surface area contributed by atoms with Crippen LogP contribution in [0.2, 0.25) is 0 Å². The molecule has 48 heavy (non-hydrogen) atoms. The van der Waals surface area contributed by atoms with Gasteiger partial charge in [-0.25, -0.2) is 4.99 Å². The van der Waals surface area contributed by atoms with E-state index in [1.165, 1.54) is 0 Å². The second-order valence-electron chi connectivity index (χ2n) is 15.7. The number of nitrogens with one attached hydrogen (secondary N) is 1. The number of likely N-dealkylation sites (tertiary alicyclic amines) is 1. The highest BCUT2D eigenvalue weighted by molar-refractivity contribution is 6.42. The molecule has 258 valence electrons. The maximum atomic E-state index is 14.3. The highest BCUT2D eigenvalue weighted by Crippen LogP contribution is 2.46. The van der Waals surface area contributed by atoms with Crippen LogP contribution in [-0.2, 0) is 20.8 Å². The maximum Gasteiger partial charge on any atom is 0.251 e. The number of Topliss-reactive ketones (excluding diaryl/α,β-unsaturated/α-hetero) is 1. The number of carbonyl (C=O) groups is 3. The molecule has 0 atom stereocenters. The number of carbonyl (C=O) groups excluding carboxylic acids is 3. The molecule has 0 unspecified atom stereocenters. The van der Waals surface area contributed by atoms with E-state index in [4.69, 9.17) is 0 Å². The van der Waals surface area contributed by atoms with Crippen molar-refractivity contribution in [1.29, 1.82) is 0 Å². The zero-order valence-electron chi connectivity index (χ0n) is 30.3. The van der Waals surface area contributed by atoms with Crippen LogP contribution in [0, 0.1) is 10.8 Å². The first-order chi connectivity index (χ1) is 22.6. The number of aliphatic hydroxyl groups is 1. The molecule has 1 fully saturated rings. The lowest BCUT2D eigenvalue weighted by molar-refractivity contribution is -0.125. The number of unbranched alkanes of at least 4 members (excludes halogenated alkanes) is 2. The summed E-state index contributed by atoms with van der Waals surface area (Å²) in [5.74, 6) is -0.885. The third kappa shape index (κ3) is 7.08. The summed E-state index contributed by atoms with van der Waals surface area (Å²) in [6.07, 6.45) is 11.9. The van der Waals surface area contributed by atoms with Crippen molar-refractivity contribution in [3.05, 3.63) is 63.6 Å². The van der Waals surface area contributed by atoms with Crippen LogP contribution in [0.3, 0.4) is 0 Å². The van der Waals surface area contributed by atoms with Gasteiger partial charge in [0.15, 0.2) is 0 Å². The molecule has 0 aromatic heterocycles. The number of aryl methyl sites for hydroxylation is 1. The SMILES string of the molecule is CCCCN1CCCC2=C/C(=C3/C(=O)C(c4cc5c(cc4NC(=O)C(C)(C)C)N(CCCC)CCC5)=C3O)C(=NC(=O)C(C)(C)C)C=C21. The minimum atomic E-state index is -0.708. The first-order valence-corrected chi connectivity index (χ1v) is 17.9. The Hall–Kier alpha value is -3.94. The zero-order valence-corrected chi connectivity index (χ0v) is 30.3. The molecular weight excluding hydrogens is 600 g/mol. The topological polar surface area (TPSA) is 102 Å². The lowest BCUT2D eigenvalue weighted by Gasteiger charge is -2.37. The van der Waals surface area contributed by atoms with Gasteiger partial charge in [0.1, 0.15) is 5.76 Å². The normalized spacial score (nSPS) is 20.7. The van der Waals surface area contributed by atoms with Crippen molar-refractivity contribution >= 4 is 40.3 Å². The number of amides is 2. The molecule has 5 rings (SSSR count). The molecule has 2 amide bonds. The summed E-state index contributed by atoms with van der Waals surface area (Å²) >= 11 is 0. The fraction of sp³-hybridized carbons (Fsp3) is 0.550. The molecule has 2 heterocycles. The number of aliphatic hydroxyl groups excluding tert-OH is 1. The number of ketones is 1. The number of hydrogen-bond acceptors (Lipinski definition) is 6. The van der Waals surface area contributed by atoms with Gasteiger partial charge in [-0.1, -0.05) is 68.2 Å². The molecule has 2 N–H and O–H groups in total. The van der Waals surface area contributed by atoms with Crippen molar-refractivity contribution in [1.82, 2.24) is 4.90 Å². The van der Waals surface area contributed by atoms with Crippen LogP contribution in [0.5, 0.6) is 0 Å². The predicted octanol–water partition coefficient (Wildman–Crippen LogP) is 8.11. The molecule has 8 heteroatoms. The number of piperidine rings is 1. The molecule has 8 nitrogen and oxygen atoms in total. The Morgan fingerprint density at radius 2 is 1.52 bits per heavy atom. The fourth-order valence-corrected chi connectivity index (χ4v) is 6.66. The molecule has 0 saturated carbocycles.